The van der Waals surface area contributed by atoms with E-state index in [1.54, 1.807) is 18.2 Å². The fourth-order valence-corrected chi connectivity index (χ4v) is 3.44. The van der Waals surface area contributed by atoms with Gasteiger partial charge in [0.25, 0.3) is 0 Å². The first-order chi connectivity index (χ1) is 13.1. The lowest BCUT2D eigenvalue weighted by molar-refractivity contribution is -0.122. The van der Waals surface area contributed by atoms with Crippen molar-refractivity contribution in [3.63, 3.8) is 0 Å². The van der Waals surface area contributed by atoms with Crippen molar-refractivity contribution < 1.29 is 4.79 Å². The van der Waals surface area contributed by atoms with E-state index in [1.807, 2.05) is 0 Å². The number of benzene rings is 1. The van der Waals surface area contributed by atoms with Gasteiger partial charge in [-0.25, -0.2) is 0 Å². The first kappa shape index (κ1) is 25.9. The number of alkyl halides is 3. The summed E-state index contributed by atoms with van der Waals surface area (Å²) < 4.78 is -1.81. The van der Waals surface area contributed by atoms with E-state index < -0.39 is 9.96 Å². The molecule has 1 atom stereocenters. The molecular formula is C18H24Cl5N3OS. The van der Waals surface area contributed by atoms with Crippen LogP contribution in [0.15, 0.2) is 18.2 Å². The van der Waals surface area contributed by atoms with Crippen LogP contribution in [0.5, 0.6) is 0 Å². The zero-order valence-corrected chi connectivity index (χ0v) is 20.1. The average molecular weight is 508 g/mol. The highest BCUT2D eigenvalue weighted by Gasteiger charge is 2.34. The van der Waals surface area contributed by atoms with E-state index >= 15 is 0 Å². The van der Waals surface area contributed by atoms with Gasteiger partial charge in [-0.05, 0) is 30.8 Å². The SMILES string of the molecule is CCCCCCCCC(=O)N[C@@H](NC(=S)Nc1c(Cl)cccc1Cl)C(Cl)(Cl)Cl. The molecule has 0 spiro atoms. The van der Waals surface area contributed by atoms with Crippen molar-refractivity contribution in [3.05, 3.63) is 28.2 Å². The first-order valence-corrected chi connectivity index (χ1v) is 11.3. The first-order valence-electron chi connectivity index (χ1n) is 9.02. The van der Waals surface area contributed by atoms with Crippen molar-refractivity contribution in [1.29, 1.82) is 0 Å². The lowest BCUT2D eigenvalue weighted by Crippen LogP contribution is -2.56. The summed E-state index contributed by atoms with van der Waals surface area (Å²) in [5.41, 5.74) is 0.421. The van der Waals surface area contributed by atoms with Gasteiger partial charge in [0.15, 0.2) is 5.11 Å². The van der Waals surface area contributed by atoms with Crippen LogP contribution in [-0.2, 0) is 4.79 Å². The van der Waals surface area contributed by atoms with Gasteiger partial charge < -0.3 is 16.0 Å². The molecule has 4 nitrogen and oxygen atoms in total. The summed E-state index contributed by atoms with van der Waals surface area (Å²) in [6.07, 6.45) is 5.79. The van der Waals surface area contributed by atoms with Gasteiger partial charge in [0.05, 0.1) is 15.7 Å². The Kier molecular flexibility index (Phi) is 12.2. The molecule has 0 saturated heterocycles. The number of nitrogens with one attached hydrogen (secondary N) is 3. The number of halogens is 5. The van der Waals surface area contributed by atoms with E-state index in [4.69, 9.17) is 70.2 Å². The van der Waals surface area contributed by atoms with Crippen LogP contribution in [0.25, 0.3) is 0 Å². The van der Waals surface area contributed by atoms with Gasteiger partial charge in [-0.1, -0.05) is 103 Å². The summed E-state index contributed by atoms with van der Waals surface area (Å²) in [7, 11) is 0. The van der Waals surface area contributed by atoms with Crippen LogP contribution in [-0.4, -0.2) is 21.0 Å². The second kappa shape index (κ2) is 13.2. The normalized spacial score (nSPS) is 12.4. The highest BCUT2D eigenvalue weighted by molar-refractivity contribution is 7.80. The van der Waals surface area contributed by atoms with E-state index in [9.17, 15) is 4.79 Å². The molecule has 1 rings (SSSR count). The fraction of sp³-hybridized carbons (Fsp3) is 0.556. The number of thiocarbonyl (C=S) groups is 1. The number of amides is 1. The number of unbranched alkanes of at least 4 members (excludes halogenated alkanes) is 5. The molecule has 10 heteroatoms. The second-order valence-corrected chi connectivity index (χ2v) is 9.85. The highest BCUT2D eigenvalue weighted by Crippen LogP contribution is 2.31. The summed E-state index contributed by atoms with van der Waals surface area (Å²) >= 11 is 35.4. The molecule has 0 radical (unpaired) electrons. The molecule has 1 aromatic carbocycles. The van der Waals surface area contributed by atoms with Gasteiger partial charge in [0.1, 0.15) is 6.17 Å². The molecule has 1 aromatic rings. The molecule has 0 aliphatic heterocycles. The van der Waals surface area contributed by atoms with Crippen LogP contribution in [0.2, 0.25) is 10.0 Å². The third-order valence-corrected chi connectivity index (χ3v) is 5.37. The number of carbonyl (C=O) groups is 1. The van der Waals surface area contributed by atoms with E-state index in [2.05, 4.69) is 22.9 Å². The Morgan fingerprint density at radius 1 is 1.04 bits per heavy atom. The molecule has 0 heterocycles. The fourth-order valence-electron chi connectivity index (χ4n) is 2.40. The number of para-hydroxylation sites is 1. The number of hydrogen-bond donors (Lipinski definition) is 3. The molecule has 1 amide bonds. The quantitative estimate of drug-likeness (QED) is 0.140. The predicted molar refractivity (Wildman–Crippen MR) is 126 cm³/mol. The summed E-state index contributed by atoms with van der Waals surface area (Å²) in [6, 6.07) is 5.03. The Morgan fingerprint density at radius 2 is 1.61 bits per heavy atom. The van der Waals surface area contributed by atoms with Crippen LogP contribution >= 0.6 is 70.2 Å². The number of hydrogen-bond acceptors (Lipinski definition) is 2. The van der Waals surface area contributed by atoms with Gasteiger partial charge in [-0.3, -0.25) is 4.79 Å². The molecule has 28 heavy (non-hydrogen) atoms. The molecule has 0 fully saturated rings. The van der Waals surface area contributed by atoms with Crippen molar-refractivity contribution in [1.82, 2.24) is 10.6 Å². The van der Waals surface area contributed by atoms with Crippen molar-refractivity contribution in [2.45, 2.75) is 61.8 Å². The predicted octanol–water partition coefficient (Wildman–Crippen LogP) is 6.84. The van der Waals surface area contributed by atoms with Gasteiger partial charge >= 0.3 is 0 Å². The Hall–Kier alpha value is -0.170. The van der Waals surface area contributed by atoms with Crippen molar-refractivity contribution in [3.8, 4) is 0 Å². The van der Waals surface area contributed by atoms with E-state index in [1.165, 1.54) is 19.3 Å². The number of rotatable bonds is 10. The molecule has 0 unspecified atom stereocenters. The molecule has 0 aliphatic carbocycles. The topological polar surface area (TPSA) is 53.2 Å². The zero-order valence-electron chi connectivity index (χ0n) is 15.5. The third kappa shape index (κ3) is 10.0. The van der Waals surface area contributed by atoms with Crippen molar-refractivity contribution in [2.24, 2.45) is 0 Å². The standard InChI is InChI=1S/C18H24Cl5N3OS/c1-2-3-4-5-6-7-11-14(27)24-16(18(21,22)23)26-17(28)25-15-12(19)9-8-10-13(15)20/h8-10,16H,2-7,11H2,1H3,(H,24,27)(H2,25,26,28)/t16-/m0/s1. The van der Waals surface area contributed by atoms with Crippen LogP contribution in [0.4, 0.5) is 5.69 Å². The molecular weight excluding hydrogens is 484 g/mol. The molecule has 0 aliphatic rings. The van der Waals surface area contributed by atoms with Crippen molar-refractivity contribution >= 4 is 86.9 Å². The van der Waals surface area contributed by atoms with Crippen LogP contribution < -0.4 is 16.0 Å². The van der Waals surface area contributed by atoms with Gasteiger partial charge in [-0.15, -0.1) is 0 Å². The average Bonchev–Trinajstić information content (AvgIpc) is 2.60. The van der Waals surface area contributed by atoms with Gasteiger partial charge in [0, 0.05) is 6.42 Å². The molecule has 0 saturated carbocycles. The molecule has 158 valence electrons. The Balaban J connectivity index is 2.56. The zero-order chi connectivity index (χ0) is 21.2. The van der Waals surface area contributed by atoms with Crippen LogP contribution in [0, 0.1) is 0 Å². The lowest BCUT2D eigenvalue weighted by atomic mass is 10.1. The molecule has 3 N–H and O–H groups in total. The minimum absolute atomic E-state index is 0.103. The smallest absolute Gasteiger partial charge is 0.228 e. The molecule has 0 aromatic heterocycles. The maximum atomic E-state index is 12.2. The van der Waals surface area contributed by atoms with Crippen LogP contribution in [0.1, 0.15) is 51.9 Å². The van der Waals surface area contributed by atoms with E-state index in [0.717, 1.165) is 19.3 Å². The Morgan fingerprint density at radius 3 is 2.18 bits per heavy atom. The molecule has 0 bridgehead atoms. The summed E-state index contributed by atoms with van der Waals surface area (Å²) in [5.74, 6) is -0.224. The minimum atomic E-state index is -1.81. The number of anilines is 1. The summed E-state index contributed by atoms with van der Waals surface area (Å²) in [6.45, 7) is 2.16. The monoisotopic (exact) mass is 505 g/mol. The summed E-state index contributed by atoms with van der Waals surface area (Å²) in [5, 5.41) is 9.18. The van der Waals surface area contributed by atoms with E-state index in [-0.39, 0.29) is 11.0 Å². The number of carbonyl (C=O) groups excluding carboxylic acids is 1. The minimum Gasteiger partial charge on any atom is -0.339 e. The summed E-state index contributed by atoms with van der Waals surface area (Å²) in [4.78, 5) is 12.2. The van der Waals surface area contributed by atoms with Gasteiger partial charge in [-0.2, -0.15) is 0 Å². The second-order valence-electron chi connectivity index (χ2n) is 6.26. The highest BCUT2D eigenvalue weighted by atomic mass is 35.6. The van der Waals surface area contributed by atoms with Crippen molar-refractivity contribution in [2.75, 3.05) is 5.32 Å². The third-order valence-electron chi connectivity index (χ3n) is 3.87. The maximum Gasteiger partial charge on any atom is 0.228 e. The largest absolute Gasteiger partial charge is 0.339 e. The Labute approximate surface area is 196 Å². The van der Waals surface area contributed by atoms with E-state index in [0.29, 0.717) is 22.2 Å². The Bertz CT molecular complexity index is 634. The lowest BCUT2D eigenvalue weighted by Gasteiger charge is -2.28. The van der Waals surface area contributed by atoms with Crippen LogP contribution in [0.3, 0.4) is 0 Å². The maximum absolute atomic E-state index is 12.2. The van der Waals surface area contributed by atoms with Gasteiger partial charge in [0.2, 0.25) is 9.70 Å².